The van der Waals surface area contributed by atoms with Crippen LogP contribution in [0.1, 0.15) is 13.3 Å². The number of rotatable bonds is 6. The highest BCUT2D eigenvalue weighted by Gasteiger charge is 2.15. The second kappa shape index (κ2) is 7.46. The van der Waals surface area contributed by atoms with Crippen LogP contribution in [0.2, 0.25) is 0 Å². The minimum Gasteiger partial charge on any atom is -0.492 e. The van der Waals surface area contributed by atoms with E-state index in [1.807, 2.05) is 0 Å². The maximum atomic E-state index is 13.0. The van der Waals surface area contributed by atoms with Crippen molar-refractivity contribution in [3.8, 4) is 5.75 Å². The molecule has 3 nitrogen and oxygen atoms in total. The van der Waals surface area contributed by atoms with Gasteiger partial charge in [0, 0.05) is 38.8 Å². The Morgan fingerprint density at radius 3 is 2.42 bits per heavy atom. The average Bonchev–Trinajstić information content (AvgIpc) is 2.41. The summed E-state index contributed by atoms with van der Waals surface area (Å²) in [6, 6.07) is 6.33. The van der Waals surface area contributed by atoms with Crippen LogP contribution < -0.4 is 4.74 Å². The molecule has 1 fully saturated rings. The minimum atomic E-state index is -0.245. The van der Waals surface area contributed by atoms with Crippen LogP contribution in [-0.4, -0.2) is 55.7 Å². The maximum Gasteiger partial charge on any atom is 0.126 e. The van der Waals surface area contributed by atoms with Gasteiger partial charge in [-0.1, -0.05) is 13.0 Å². The van der Waals surface area contributed by atoms with Crippen LogP contribution in [0.15, 0.2) is 24.3 Å². The van der Waals surface area contributed by atoms with Gasteiger partial charge in [-0.05, 0) is 25.1 Å². The lowest BCUT2D eigenvalue weighted by molar-refractivity contribution is 0.117. The van der Waals surface area contributed by atoms with Gasteiger partial charge in [0.15, 0.2) is 0 Å². The fraction of sp³-hybridized carbons (Fsp3) is 0.600. The normalized spacial score (nSPS) is 17.6. The highest BCUT2D eigenvalue weighted by Crippen LogP contribution is 2.12. The van der Waals surface area contributed by atoms with E-state index < -0.39 is 0 Å². The second-order valence-corrected chi connectivity index (χ2v) is 4.99. The largest absolute Gasteiger partial charge is 0.492 e. The zero-order valence-corrected chi connectivity index (χ0v) is 11.6. The fourth-order valence-electron chi connectivity index (χ4n) is 2.40. The average molecular weight is 266 g/mol. The first kappa shape index (κ1) is 14.3. The Hall–Kier alpha value is -1.13. The predicted molar refractivity (Wildman–Crippen MR) is 75.1 cm³/mol. The number of nitrogens with zero attached hydrogens (tertiary/aromatic N) is 2. The van der Waals surface area contributed by atoms with E-state index in [2.05, 4.69) is 16.7 Å². The summed E-state index contributed by atoms with van der Waals surface area (Å²) >= 11 is 0. The fourth-order valence-corrected chi connectivity index (χ4v) is 2.40. The first-order valence-electron chi connectivity index (χ1n) is 7.11. The first-order valence-corrected chi connectivity index (χ1v) is 7.11. The third-order valence-electron chi connectivity index (χ3n) is 3.48. The number of benzene rings is 1. The van der Waals surface area contributed by atoms with Crippen LogP contribution in [0.5, 0.6) is 5.75 Å². The molecule has 1 heterocycles. The van der Waals surface area contributed by atoms with Gasteiger partial charge >= 0.3 is 0 Å². The zero-order valence-electron chi connectivity index (χ0n) is 11.6. The second-order valence-electron chi connectivity index (χ2n) is 4.99. The third kappa shape index (κ3) is 4.80. The quantitative estimate of drug-likeness (QED) is 0.785. The summed E-state index contributed by atoms with van der Waals surface area (Å²) in [5.74, 6) is 0.371. The lowest BCUT2D eigenvalue weighted by Gasteiger charge is -2.34. The summed E-state index contributed by atoms with van der Waals surface area (Å²) in [6.07, 6.45) is 1.22. The minimum absolute atomic E-state index is 0.245. The lowest BCUT2D eigenvalue weighted by Crippen LogP contribution is -2.47. The Labute approximate surface area is 115 Å². The van der Waals surface area contributed by atoms with Crippen molar-refractivity contribution in [2.24, 2.45) is 0 Å². The summed E-state index contributed by atoms with van der Waals surface area (Å²) in [7, 11) is 0. The van der Waals surface area contributed by atoms with Crippen LogP contribution in [0.25, 0.3) is 0 Å². The summed E-state index contributed by atoms with van der Waals surface area (Å²) < 4.78 is 18.5. The van der Waals surface area contributed by atoms with Gasteiger partial charge in [0.2, 0.25) is 0 Å². The molecule has 4 heteroatoms. The molecule has 0 unspecified atom stereocenters. The van der Waals surface area contributed by atoms with E-state index in [-0.39, 0.29) is 5.82 Å². The van der Waals surface area contributed by atoms with Crippen LogP contribution in [0.4, 0.5) is 4.39 Å². The van der Waals surface area contributed by atoms with Crippen molar-refractivity contribution in [3.05, 3.63) is 30.1 Å². The Bertz CT molecular complexity index is 378. The summed E-state index contributed by atoms with van der Waals surface area (Å²) in [6.45, 7) is 9.46. The Morgan fingerprint density at radius 1 is 1.11 bits per heavy atom. The monoisotopic (exact) mass is 266 g/mol. The highest BCUT2D eigenvalue weighted by molar-refractivity contribution is 5.22. The van der Waals surface area contributed by atoms with Crippen molar-refractivity contribution < 1.29 is 9.13 Å². The van der Waals surface area contributed by atoms with Gasteiger partial charge in [-0.3, -0.25) is 4.90 Å². The van der Waals surface area contributed by atoms with Gasteiger partial charge in [-0.25, -0.2) is 4.39 Å². The van der Waals surface area contributed by atoms with Gasteiger partial charge in [0.25, 0.3) is 0 Å². The van der Waals surface area contributed by atoms with E-state index in [1.165, 1.54) is 25.1 Å². The molecule has 1 aliphatic heterocycles. The Balaban J connectivity index is 1.64. The zero-order chi connectivity index (χ0) is 13.5. The molecule has 0 spiro atoms. The molecule has 19 heavy (non-hydrogen) atoms. The molecule has 0 N–H and O–H groups in total. The van der Waals surface area contributed by atoms with E-state index >= 15 is 0 Å². The highest BCUT2D eigenvalue weighted by atomic mass is 19.1. The van der Waals surface area contributed by atoms with E-state index in [4.69, 9.17) is 4.74 Å². The van der Waals surface area contributed by atoms with Gasteiger partial charge in [-0.2, -0.15) is 0 Å². The first-order chi connectivity index (χ1) is 9.28. The molecule has 0 amide bonds. The summed E-state index contributed by atoms with van der Waals surface area (Å²) in [4.78, 5) is 4.91. The molecule has 1 aromatic carbocycles. The van der Waals surface area contributed by atoms with Gasteiger partial charge in [0.1, 0.15) is 18.2 Å². The Kier molecular flexibility index (Phi) is 5.61. The van der Waals surface area contributed by atoms with Crippen LogP contribution in [0, 0.1) is 5.82 Å². The molecule has 2 rings (SSSR count). The molecule has 1 saturated heterocycles. The number of ether oxygens (including phenoxy) is 1. The number of hydrogen-bond acceptors (Lipinski definition) is 3. The summed E-state index contributed by atoms with van der Waals surface area (Å²) in [5.41, 5.74) is 0. The smallest absolute Gasteiger partial charge is 0.126 e. The topological polar surface area (TPSA) is 15.7 Å². The number of piperazine rings is 1. The summed E-state index contributed by atoms with van der Waals surface area (Å²) in [5, 5.41) is 0. The molecule has 0 saturated carbocycles. The molecule has 0 atom stereocenters. The predicted octanol–water partition coefficient (Wildman–Crippen LogP) is 2.23. The molecular formula is C15H23FN2O. The van der Waals surface area contributed by atoms with Gasteiger partial charge in [0.05, 0.1) is 0 Å². The third-order valence-corrected chi connectivity index (χ3v) is 3.48. The van der Waals surface area contributed by atoms with E-state index in [1.54, 1.807) is 12.1 Å². The van der Waals surface area contributed by atoms with E-state index in [9.17, 15) is 4.39 Å². The van der Waals surface area contributed by atoms with E-state index in [0.29, 0.717) is 12.4 Å². The van der Waals surface area contributed by atoms with E-state index in [0.717, 1.165) is 32.7 Å². The van der Waals surface area contributed by atoms with Crippen molar-refractivity contribution in [3.63, 3.8) is 0 Å². The van der Waals surface area contributed by atoms with Crippen molar-refractivity contribution in [1.82, 2.24) is 9.80 Å². The van der Waals surface area contributed by atoms with Crippen LogP contribution >= 0.6 is 0 Å². The Morgan fingerprint density at radius 2 is 1.79 bits per heavy atom. The molecule has 1 aromatic rings. The molecule has 1 aliphatic rings. The SMILES string of the molecule is CCCN1CCN(CCOc2cccc(F)c2)CC1. The molecule has 0 aromatic heterocycles. The van der Waals surface area contributed by atoms with Gasteiger partial charge in [-0.15, -0.1) is 0 Å². The molecular weight excluding hydrogens is 243 g/mol. The number of halogens is 1. The molecule has 0 aliphatic carbocycles. The van der Waals surface area contributed by atoms with Gasteiger partial charge < -0.3 is 9.64 Å². The van der Waals surface area contributed by atoms with Crippen LogP contribution in [0.3, 0.4) is 0 Å². The van der Waals surface area contributed by atoms with Crippen molar-refractivity contribution in [2.45, 2.75) is 13.3 Å². The maximum absolute atomic E-state index is 13.0. The van der Waals surface area contributed by atoms with Crippen molar-refractivity contribution >= 4 is 0 Å². The standard InChI is InChI=1S/C15H23FN2O/c1-2-6-17-7-9-18(10-8-17)11-12-19-15-5-3-4-14(16)13-15/h3-5,13H,2,6-12H2,1H3. The molecule has 0 radical (unpaired) electrons. The molecule has 106 valence electrons. The lowest BCUT2D eigenvalue weighted by atomic mass is 10.3. The van der Waals surface area contributed by atoms with Crippen molar-refractivity contribution in [1.29, 1.82) is 0 Å². The number of hydrogen-bond donors (Lipinski definition) is 0. The van der Waals surface area contributed by atoms with Crippen molar-refractivity contribution in [2.75, 3.05) is 45.9 Å². The van der Waals surface area contributed by atoms with Crippen LogP contribution in [-0.2, 0) is 0 Å². The molecule has 0 bridgehead atoms.